The van der Waals surface area contributed by atoms with Gasteiger partial charge in [0.1, 0.15) is 23.7 Å². The lowest BCUT2D eigenvalue weighted by molar-refractivity contribution is -0.307. The van der Waals surface area contributed by atoms with E-state index in [1.807, 2.05) is 0 Å². The van der Waals surface area contributed by atoms with Gasteiger partial charge in [-0.15, -0.1) is 0 Å². The molecule has 1 heterocycles. The molecule has 1 fully saturated rings. The maximum atomic E-state index is 13.4. The van der Waals surface area contributed by atoms with E-state index in [1.165, 1.54) is 7.11 Å². The van der Waals surface area contributed by atoms with Gasteiger partial charge in [0.2, 0.25) is 0 Å². The van der Waals surface area contributed by atoms with Gasteiger partial charge in [0.15, 0.2) is 0 Å². The van der Waals surface area contributed by atoms with E-state index in [0.29, 0.717) is 0 Å². The Bertz CT molecular complexity index is 879. The van der Waals surface area contributed by atoms with Crippen molar-refractivity contribution >= 4 is 13.8 Å². The summed E-state index contributed by atoms with van der Waals surface area (Å²) >= 11 is 0. The standard InChI is InChI=1S/C21H25O10P/c1-26-20(24)21(27-2)13-17(22)19(23)18(29-21)14-28-32(25,30-15-9-5-3-6-10-15)31-16-11-7-4-8-12-16/h3-12,17-19,22-23H,13-14H2,1-2H3/t17-,18+,19+,21-/m1/s1. The van der Waals surface area contributed by atoms with Crippen LogP contribution in [-0.4, -0.2) is 61.1 Å². The van der Waals surface area contributed by atoms with Gasteiger partial charge in [0.05, 0.1) is 19.8 Å². The molecule has 0 aliphatic carbocycles. The van der Waals surface area contributed by atoms with Crippen LogP contribution in [0.4, 0.5) is 0 Å². The third-order valence-corrected chi connectivity index (χ3v) is 6.07. The molecule has 1 aliphatic rings. The summed E-state index contributed by atoms with van der Waals surface area (Å²) in [5.74, 6) is -2.43. The Morgan fingerprint density at radius 1 is 1.03 bits per heavy atom. The van der Waals surface area contributed by atoms with Crippen LogP contribution >= 0.6 is 7.82 Å². The number of benzene rings is 2. The van der Waals surface area contributed by atoms with Crippen molar-refractivity contribution in [3.05, 3.63) is 60.7 Å². The van der Waals surface area contributed by atoms with E-state index < -0.39 is 44.5 Å². The van der Waals surface area contributed by atoms with Crippen molar-refractivity contribution in [1.29, 1.82) is 0 Å². The van der Waals surface area contributed by atoms with Crippen molar-refractivity contribution in [1.82, 2.24) is 0 Å². The maximum Gasteiger partial charge on any atom is 0.587 e. The molecule has 0 amide bonds. The highest BCUT2D eigenvalue weighted by Crippen LogP contribution is 2.50. The maximum absolute atomic E-state index is 13.4. The quantitative estimate of drug-likeness (QED) is 0.418. The molecular formula is C21H25O10P. The van der Waals surface area contributed by atoms with Gasteiger partial charge in [-0.05, 0) is 24.3 Å². The molecule has 0 aromatic heterocycles. The lowest BCUT2D eigenvalue weighted by atomic mass is 9.95. The Balaban J connectivity index is 1.80. The molecule has 3 rings (SSSR count). The number of rotatable bonds is 9. The van der Waals surface area contributed by atoms with Crippen LogP contribution in [0.2, 0.25) is 0 Å². The minimum Gasteiger partial charge on any atom is -0.465 e. The van der Waals surface area contributed by atoms with Gasteiger partial charge in [0, 0.05) is 13.5 Å². The first-order valence-corrected chi connectivity index (χ1v) is 11.2. The van der Waals surface area contributed by atoms with Crippen LogP contribution in [0.5, 0.6) is 11.5 Å². The monoisotopic (exact) mass is 468 g/mol. The van der Waals surface area contributed by atoms with Gasteiger partial charge in [-0.25, -0.2) is 9.36 Å². The number of para-hydroxylation sites is 2. The lowest BCUT2D eigenvalue weighted by Crippen LogP contribution is -2.60. The van der Waals surface area contributed by atoms with Gasteiger partial charge in [-0.2, -0.15) is 0 Å². The number of phosphoric ester groups is 1. The van der Waals surface area contributed by atoms with Crippen molar-refractivity contribution in [2.75, 3.05) is 20.8 Å². The molecule has 0 bridgehead atoms. The fraction of sp³-hybridized carbons (Fsp3) is 0.381. The lowest BCUT2D eigenvalue weighted by Gasteiger charge is -2.42. The fourth-order valence-electron chi connectivity index (χ4n) is 3.10. The molecule has 2 aromatic carbocycles. The Hall–Kier alpha value is -2.46. The molecule has 4 atom stereocenters. The van der Waals surface area contributed by atoms with Crippen molar-refractivity contribution in [2.24, 2.45) is 0 Å². The predicted octanol–water partition coefficient (Wildman–Crippen LogP) is 2.30. The minimum atomic E-state index is -4.29. The van der Waals surface area contributed by atoms with Gasteiger partial charge in [-0.1, -0.05) is 36.4 Å². The Kier molecular flexibility index (Phi) is 7.89. The van der Waals surface area contributed by atoms with Gasteiger partial charge in [-0.3, -0.25) is 4.52 Å². The van der Waals surface area contributed by atoms with Gasteiger partial charge < -0.3 is 33.5 Å². The number of carbonyl (C=O) groups excluding carboxylic acids is 1. The first-order valence-electron chi connectivity index (χ1n) is 9.72. The average molecular weight is 468 g/mol. The molecule has 0 spiro atoms. The number of aliphatic hydroxyl groups excluding tert-OH is 2. The van der Waals surface area contributed by atoms with Crippen molar-refractivity contribution in [2.45, 2.75) is 30.5 Å². The van der Waals surface area contributed by atoms with E-state index in [4.69, 9.17) is 27.8 Å². The second-order valence-electron chi connectivity index (χ2n) is 6.92. The second kappa shape index (κ2) is 10.4. The third-order valence-electron chi connectivity index (χ3n) is 4.74. The van der Waals surface area contributed by atoms with E-state index in [0.717, 1.165) is 7.11 Å². The van der Waals surface area contributed by atoms with Crippen LogP contribution in [0.25, 0.3) is 0 Å². The SMILES string of the molecule is COC(=O)[C@@]1(OC)C[C@@H](O)[C@H](O)[C@H](COP(=O)(Oc2ccccc2)Oc2ccccc2)O1. The molecule has 32 heavy (non-hydrogen) atoms. The van der Waals surface area contributed by atoms with Crippen LogP contribution in [0, 0.1) is 0 Å². The number of esters is 1. The third kappa shape index (κ3) is 5.66. The minimum absolute atomic E-state index is 0.220. The molecule has 0 saturated carbocycles. The molecule has 2 N–H and O–H groups in total. The number of carbonyl (C=O) groups is 1. The van der Waals surface area contributed by atoms with Crippen LogP contribution in [-0.2, 0) is 28.1 Å². The summed E-state index contributed by atoms with van der Waals surface area (Å²) in [7, 11) is -1.96. The van der Waals surface area contributed by atoms with Crippen LogP contribution in [0.15, 0.2) is 60.7 Å². The number of aliphatic hydroxyl groups is 2. The van der Waals surface area contributed by atoms with Gasteiger partial charge >= 0.3 is 13.8 Å². The summed E-state index contributed by atoms with van der Waals surface area (Å²) < 4.78 is 45.3. The number of hydrogen-bond acceptors (Lipinski definition) is 10. The molecular weight excluding hydrogens is 443 g/mol. The summed E-state index contributed by atoms with van der Waals surface area (Å²) in [5.41, 5.74) is 0. The molecule has 2 aromatic rings. The highest BCUT2D eigenvalue weighted by Gasteiger charge is 2.53. The fourth-order valence-corrected chi connectivity index (χ4v) is 4.33. The van der Waals surface area contributed by atoms with Gasteiger partial charge in [0.25, 0.3) is 5.79 Å². The molecule has 0 unspecified atom stereocenters. The number of ether oxygens (including phenoxy) is 3. The topological polar surface area (TPSA) is 130 Å². The zero-order valence-corrected chi connectivity index (χ0v) is 18.4. The molecule has 1 aliphatic heterocycles. The Morgan fingerprint density at radius 2 is 1.56 bits per heavy atom. The number of methoxy groups -OCH3 is 2. The highest BCUT2D eigenvalue weighted by molar-refractivity contribution is 7.49. The molecule has 0 radical (unpaired) electrons. The summed E-state index contributed by atoms with van der Waals surface area (Å²) in [6, 6.07) is 16.5. The summed E-state index contributed by atoms with van der Waals surface area (Å²) in [5, 5.41) is 20.6. The summed E-state index contributed by atoms with van der Waals surface area (Å²) in [6.07, 6.45) is -4.55. The van der Waals surface area contributed by atoms with E-state index in [2.05, 4.69) is 0 Å². The normalized spacial score (nSPS) is 25.7. The van der Waals surface area contributed by atoms with E-state index in [1.54, 1.807) is 60.7 Å². The van der Waals surface area contributed by atoms with Crippen LogP contribution < -0.4 is 9.05 Å². The molecule has 1 saturated heterocycles. The first-order chi connectivity index (χ1) is 15.3. The van der Waals surface area contributed by atoms with E-state index >= 15 is 0 Å². The van der Waals surface area contributed by atoms with Crippen LogP contribution in [0.1, 0.15) is 6.42 Å². The second-order valence-corrected chi connectivity index (χ2v) is 8.44. The van der Waals surface area contributed by atoms with E-state index in [9.17, 15) is 19.6 Å². The number of phosphoric acid groups is 1. The van der Waals surface area contributed by atoms with Crippen molar-refractivity contribution in [3.8, 4) is 11.5 Å². The Labute approximate surface area is 185 Å². The van der Waals surface area contributed by atoms with Crippen LogP contribution in [0.3, 0.4) is 0 Å². The average Bonchev–Trinajstić information content (AvgIpc) is 2.80. The smallest absolute Gasteiger partial charge is 0.465 e. The molecule has 10 nitrogen and oxygen atoms in total. The first kappa shape index (κ1) is 24.2. The molecule has 11 heteroatoms. The zero-order valence-electron chi connectivity index (χ0n) is 17.5. The van der Waals surface area contributed by atoms with Crippen molar-refractivity contribution in [3.63, 3.8) is 0 Å². The summed E-state index contributed by atoms with van der Waals surface area (Å²) in [6.45, 7) is -0.558. The largest absolute Gasteiger partial charge is 0.587 e. The van der Waals surface area contributed by atoms with E-state index in [-0.39, 0.29) is 17.9 Å². The van der Waals surface area contributed by atoms with Crippen molar-refractivity contribution < 1.29 is 47.4 Å². The zero-order chi connectivity index (χ0) is 23.2. The molecule has 174 valence electrons. The predicted molar refractivity (Wildman–Crippen MR) is 111 cm³/mol. The Morgan fingerprint density at radius 3 is 2.03 bits per heavy atom. The highest BCUT2D eigenvalue weighted by atomic mass is 31.2. The number of hydrogen-bond donors (Lipinski definition) is 2. The summed E-state index contributed by atoms with van der Waals surface area (Å²) in [4.78, 5) is 12.2.